The Bertz CT molecular complexity index is 397. The van der Waals surface area contributed by atoms with Gasteiger partial charge in [-0.25, -0.2) is 0 Å². The van der Waals surface area contributed by atoms with E-state index in [2.05, 4.69) is 10.2 Å². The second-order valence-electron chi connectivity index (χ2n) is 4.69. The van der Waals surface area contributed by atoms with Crippen LogP contribution in [-0.2, 0) is 4.79 Å². The van der Waals surface area contributed by atoms with Gasteiger partial charge in [0.2, 0.25) is 5.91 Å². The molecule has 114 valence electrons. The van der Waals surface area contributed by atoms with Gasteiger partial charge in [-0.3, -0.25) is 9.69 Å². The number of rotatable bonds is 3. The van der Waals surface area contributed by atoms with Crippen LogP contribution in [0.25, 0.3) is 0 Å². The number of amides is 1. The van der Waals surface area contributed by atoms with E-state index in [4.69, 9.17) is 0 Å². The zero-order valence-corrected chi connectivity index (χ0v) is 13.5. The molecule has 1 aromatic carbocycles. The summed E-state index contributed by atoms with van der Waals surface area (Å²) in [6, 6.07) is 9.73. The van der Waals surface area contributed by atoms with Crippen LogP contribution in [0.15, 0.2) is 30.3 Å². The van der Waals surface area contributed by atoms with Crippen LogP contribution in [0.1, 0.15) is 6.92 Å². The van der Waals surface area contributed by atoms with Crippen LogP contribution in [0.2, 0.25) is 0 Å². The van der Waals surface area contributed by atoms with Gasteiger partial charge >= 0.3 is 0 Å². The monoisotopic (exact) mass is 319 g/mol. The van der Waals surface area contributed by atoms with E-state index in [0.717, 1.165) is 31.9 Å². The lowest BCUT2D eigenvalue weighted by Crippen LogP contribution is -2.53. The molecule has 6 heteroatoms. The fourth-order valence-electron chi connectivity index (χ4n) is 2.28. The minimum Gasteiger partial charge on any atom is -0.314 e. The van der Waals surface area contributed by atoms with Crippen LogP contribution in [0.3, 0.4) is 0 Å². The Balaban J connectivity index is 0.00000180. The van der Waals surface area contributed by atoms with Gasteiger partial charge in [-0.15, -0.1) is 24.8 Å². The molecule has 0 bridgehead atoms. The topological polar surface area (TPSA) is 35.6 Å². The number of anilines is 1. The van der Waals surface area contributed by atoms with Crippen molar-refractivity contribution in [2.24, 2.45) is 0 Å². The summed E-state index contributed by atoms with van der Waals surface area (Å²) in [5.41, 5.74) is 0.949. The van der Waals surface area contributed by atoms with Crippen molar-refractivity contribution in [3.05, 3.63) is 30.3 Å². The highest BCUT2D eigenvalue weighted by atomic mass is 35.5. The van der Waals surface area contributed by atoms with Gasteiger partial charge in [0.1, 0.15) is 0 Å². The predicted molar refractivity (Wildman–Crippen MR) is 88.3 cm³/mol. The lowest BCUT2D eigenvalue weighted by atomic mass is 10.2. The van der Waals surface area contributed by atoms with Crippen LogP contribution in [0.4, 0.5) is 5.69 Å². The molecule has 1 saturated heterocycles. The Morgan fingerprint density at radius 2 is 1.75 bits per heavy atom. The van der Waals surface area contributed by atoms with Gasteiger partial charge in [-0.05, 0) is 19.1 Å². The number of hydrogen-bond donors (Lipinski definition) is 1. The molecule has 2 rings (SSSR count). The quantitative estimate of drug-likeness (QED) is 0.922. The zero-order valence-electron chi connectivity index (χ0n) is 11.9. The molecular formula is C14H23Cl2N3O. The Morgan fingerprint density at radius 1 is 1.20 bits per heavy atom. The number of para-hydroxylation sites is 1. The number of nitrogens with one attached hydrogen (secondary N) is 1. The van der Waals surface area contributed by atoms with Gasteiger partial charge in [-0.1, -0.05) is 18.2 Å². The first kappa shape index (κ1) is 19.2. The minimum absolute atomic E-state index is 0. The van der Waals surface area contributed by atoms with Crippen molar-refractivity contribution < 1.29 is 4.79 Å². The largest absolute Gasteiger partial charge is 0.314 e. The number of piperazine rings is 1. The highest BCUT2D eigenvalue weighted by molar-refractivity contribution is 5.96. The van der Waals surface area contributed by atoms with Crippen LogP contribution in [0, 0.1) is 0 Å². The maximum Gasteiger partial charge on any atom is 0.243 e. The van der Waals surface area contributed by atoms with E-state index in [0.29, 0.717) is 0 Å². The average Bonchev–Trinajstić information content (AvgIpc) is 2.47. The summed E-state index contributed by atoms with van der Waals surface area (Å²) in [4.78, 5) is 16.4. The van der Waals surface area contributed by atoms with Gasteiger partial charge in [0.05, 0.1) is 6.04 Å². The lowest BCUT2D eigenvalue weighted by molar-refractivity contribution is -0.123. The number of hydrogen-bond acceptors (Lipinski definition) is 3. The van der Waals surface area contributed by atoms with Crippen LogP contribution in [-0.4, -0.2) is 50.1 Å². The third kappa shape index (κ3) is 4.63. The summed E-state index contributed by atoms with van der Waals surface area (Å²) in [6.45, 7) is 5.80. The van der Waals surface area contributed by atoms with Gasteiger partial charge in [0.15, 0.2) is 0 Å². The van der Waals surface area contributed by atoms with E-state index in [-0.39, 0.29) is 36.8 Å². The molecule has 1 fully saturated rings. The van der Waals surface area contributed by atoms with E-state index in [1.54, 1.807) is 4.90 Å². The van der Waals surface area contributed by atoms with Crippen molar-refractivity contribution in [1.82, 2.24) is 10.2 Å². The summed E-state index contributed by atoms with van der Waals surface area (Å²) in [5, 5.41) is 3.30. The maximum atomic E-state index is 12.4. The molecule has 20 heavy (non-hydrogen) atoms. The standard InChI is InChI=1S/C14H21N3O.2ClH/c1-12(17-10-8-15-9-11-17)14(18)16(2)13-6-4-3-5-7-13;;/h3-7,12,15H,8-11H2,1-2H3;2*1H. The molecule has 1 aromatic rings. The third-order valence-corrected chi connectivity index (χ3v) is 3.53. The molecule has 0 radical (unpaired) electrons. The van der Waals surface area contributed by atoms with Crippen molar-refractivity contribution in [3.63, 3.8) is 0 Å². The molecule has 0 spiro atoms. The number of carbonyl (C=O) groups excluding carboxylic acids is 1. The fourth-order valence-corrected chi connectivity index (χ4v) is 2.28. The summed E-state index contributed by atoms with van der Waals surface area (Å²) < 4.78 is 0. The molecule has 1 aliphatic rings. The molecular weight excluding hydrogens is 297 g/mol. The highest BCUT2D eigenvalue weighted by Crippen LogP contribution is 2.14. The average molecular weight is 320 g/mol. The van der Waals surface area contributed by atoms with E-state index in [1.807, 2.05) is 44.3 Å². The third-order valence-electron chi connectivity index (χ3n) is 3.53. The zero-order chi connectivity index (χ0) is 13.0. The number of benzene rings is 1. The predicted octanol–water partition coefficient (Wildman–Crippen LogP) is 1.79. The first-order valence-corrected chi connectivity index (χ1v) is 6.47. The van der Waals surface area contributed by atoms with Crippen molar-refractivity contribution in [1.29, 1.82) is 0 Å². The second-order valence-corrected chi connectivity index (χ2v) is 4.69. The second kappa shape index (κ2) is 9.19. The van der Waals surface area contributed by atoms with Gasteiger partial charge in [0.25, 0.3) is 0 Å². The van der Waals surface area contributed by atoms with Crippen molar-refractivity contribution in [2.45, 2.75) is 13.0 Å². The minimum atomic E-state index is -0.0580. The Morgan fingerprint density at radius 3 is 2.30 bits per heavy atom. The van der Waals surface area contributed by atoms with Crippen LogP contribution >= 0.6 is 24.8 Å². The first-order chi connectivity index (χ1) is 8.70. The molecule has 1 amide bonds. The number of halogens is 2. The number of likely N-dealkylation sites (N-methyl/N-ethyl adjacent to an activating group) is 1. The molecule has 4 nitrogen and oxygen atoms in total. The van der Waals surface area contributed by atoms with Crippen LogP contribution in [0.5, 0.6) is 0 Å². The summed E-state index contributed by atoms with van der Waals surface area (Å²) >= 11 is 0. The first-order valence-electron chi connectivity index (χ1n) is 6.47. The van der Waals surface area contributed by atoms with Crippen LogP contribution < -0.4 is 10.2 Å². The summed E-state index contributed by atoms with van der Waals surface area (Å²) in [7, 11) is 1.84. The number of carbonyl (C=O) groups is 1. The Labute approximate surface area is 133 Å². The molecule has 1 unspecified atom stereocenters. The SMILES string of the molecule is CC(C(=O)N(C)c1ccccc1)N1CCNCC1.Cl.Cl. The molecule has 1 N–H and O–H groups in total. The van der Waals surface area contributed by atoms with Gasteiger partial charge in [0, 0.05) is 38.9 Å². The Kier molecular flexibility index (Phi) is 8.81. The van der Waals surface area contributed by atoms with Crippen molar-refractivity contribution in [3.8, 4) is 0 Å². The maximum absolute atomic E-state index is 12.4. The Hall–Kier alpha value is -0.810. The van der Waals surface area contributed by atoms with E-state index in [9.17, 15) is 4.79 Å². The molecule has 1 aliphatic heterocycles. The summed E-state index contributed by atoms with van der Waals surface area (Å²) in [5.74, 6) is 0.156. The molecule has 1 atom stereocenters. The smallest absolute Gasteiger partial charge is 0.243 e. The fraction of sp³-hybridized carbons (Fsp3) is 0.500. The lowest BCUT2D eigenvalue weighted by Gasteiger charge is -2.34. The normalized spacial score (nSPS) is 16.5. The van der Waals surface area contributed by atoms with E-state index in [1.165, 1.54) is 0 Å². The van der Waals surface area contributed by atoms with Crippen molar-refractivity contribution >= 4 is 36.4 Å². The summed E-state index contributed by atoms with van der Waals surface area (Å²) in [6.07, 6.45) is 0. The van der Waals surface area contributed by atoms with E-state index >= 15 is 0 Å². The van der Waals surface area contributed by atoms with E-state index < -0.39 is 0 Å². The number of nitrogens with zero attached hydrogens (tertiary/aromatic N) is 2. The molecule has 0 aliphatic carbocycles. The molecule has 1 heterocycles. The molecule has 0 aromatic heterocycles. The highest BCUT2D eigenvalue weighted by Gasteiger charge is 2.25. The van der Waals surface area contributed by atoms with Gasteiger partial charge in [-0.2, -0.15) is 0 Å². The van der Waals surface area contributed by atoms with Crippen molar-refractivity contribution in [2.75, 3.05) is 38.1 Å². The molecule has 0 saturated carbocycles. The van der Waals surface area contributed by atoms with Gasteiger partial charge < -0.3 is 10.2 Å².